The Balaban J connectivity index is 3.88. The minimum absolute atomic E-state index is 0.0628. The Morgan fingerprint density at radius 1 is 0.237 bits per heavy atom. The zero-order valence-electron chi connectivity index (χ0n) is 54.6. The van der Waals surface area contributed by atoms with E-state index in [0.29, 0.717) is 19.3 Å². The van der Waals surface area contributed by atoms with Gasteiger partial charge in [-0.2, -0.15) is 0 Å². The standard InChI is InChI=1S/C74H142O6/c1-4-7-10-13-16-18-20-22-24-26-28-30-31-32-33-34-35-36-37-38-39-40-41-42-43-45-46-48-50-52-54-56-58-61-64-67-73(76)79-70-71(69-78-72(75)66-63-60-15-12-9-6-3)80-74(77)68-65-62-59-57-55-53-51-49-47-44-29-27-25-23-21-19-17-14-11-8-5-2/h26,28,71H,4-25,27,29-70H2,1-3H3/b28-26-. The van der Waals surface area contributed by atoms with Crippen molar-refractivity contribution in [1.82, 2.24) is 0 Å². The molecule has 0 aliphatic heterocycles. The minimum atomic E-state index is -0.762. The number of hydrogen-bond acceptors (Lipinski definition) is 6. The van der Waals surface area contributed by atoms with Crippen LogP contribution in [0.1, 0.15) is 425 Å². The third kappa shape index (κ3) is 66.9. The van der Waals surface area contributed by atoms with E-state index >= 15 is 0 Å². The molecule has 0 amide bonds. The van der Waals surface area contributed by atoms with Gasteiger partial charge in [0, 0.05) is 19.3 Å². The Morgan fingerprint density at radius 2 is 0.412 bits per heavy atom. The van der Waals surface area contributed by atoms with Gasteiger partial charge in [-0.05, 0) is 44.9 Å². The van der Waals surface area contributed by atoms with Gasteiger partial charge in [-0.15, -0.1) is 0 Å². The Hall–Kier alpha value is -1.85. The summed E-state index contributed by atoms with van der Waals surface area (Å²) in [6, 6.07) is 0. The number of esters is 3. The number of unbranched alkanes of at least 4 members (excludes halogenated alkanes) is 56. The lowest BCUT2D eigenvalue weighted by atomic mass is 10.0. The SMILES string of the molecule is CCCCCCCCCC/C=C\CCCCCCCCCCCCCCCCCCCCCCCCCC(=O)OCC(COC(=O)CCCCCCCC)OC(=O)CCCCCCCCCCCCCCCCCCCCCCC. The number of allylic oxidation sites excluding steroid dienone is 2. The summed E-state index contributed by atoms with van der Waals surface area (Å²) < 4.78 is 16.9. The second-order valence-corrected chi connectivity index (χ2v) is 25.2. The van der Waals surface area contributed by atoms with Crippen LogP contribution in [0.5, 0.6) is 0 Å². The molecule has 6 heteroatoms. The van der Waals surface area contributed by atoms with E-state index in [-0.39, 0.29) is 31.1 Å². The number of rotatable bonds is 69. The molecule has 0 spiro atoms. The van der Waals surface area contributed by atoms with Crippen LogP contribution in [0.25, 0.3) is 0 Å². The van der Waals surface area contributed by atoms with Crippen molar-refractivity contribution < 1.29 is 28.6 Å². The lowest BCUT2D eigenvalue weighted by Gasteiger charge is -2.18. The van der Waals surface area contributed by atoms with Gasteiger partial charge < -0.3 is 14.2 Å². The minimum Gasteiger partial charge on any atom is -0.462 e. The zero-order chi connectivity index (χ0) is 57.8. The van der Waals surface area contributed by atoms with Crippen molar-refractivity contribution in [3.05, 3.63) is 12.2 Å². The molecule has 0 aliphatic rings. The molecule has 1 unspecified atom stereocenters. The fourth-order valence-corrected chi connectivity index (χ4v) is 11.5. The average Bonchev–Trinajstić information content (AvgIpc) is 3.46. The van der Waals surface area contributed by atoms with E-state index in [0.717, 1.165) is 57.8 Å². The van der Waals surface area contributed by atoms with Crippen LogP contribution in [-0.2, 0) is 28.6 Å². The molecule has 0 aromatic heterocycles. The number of carbonyl (C=O) groups excluding carboxylic acids is 3. The molecule has 0 bridgehead atoms. The van der Waals surface area contributed by atoms with Gasteiger partial charge in [0.1, 0.15) is 13.2 Å². The van der Waals surface area contributed by atoms with Crippen molar-refractivity contribution in [2.75, 3.05) is 13.2 Å². The molecule has 0 heterocycles. The Labute approximate surface area is 501 Å². The number of carbonyl (C=O) groups is 3. The molecule has 0 radical (unpaired) electrons. The predicted octanol–water partition coefficient (Wildman–Crippen LogP) is 25.2. The maximum absolute atomic E-state index is 12.9. The largest absolute Gasteiger partial charge is 0.462 e. The van der Waals surface area contributed by atoms with Crippen LogP contribution in [0.15, 0.2) is 12.2 Å². The van der Waals surface area contributed by atoms with Crippen LogP contribution in [-0.4, -0.2) is 37.2 Å². The second-order valence-electron chi connectivity index (χ2n) is 25.2. The molecule has 0 aromatic rings. The van der Waals surface area contributed by atoms with Crippen LogP contribution in [0.2, 0.25) is 0 Å². The molecule has 0 aliphatic carbocycles. The van der Waals surface area contributed by atoms with Gasteiger partial charge in [0.25, 0.3) is 0 Å². The van der Waals surface area contributed by atoms with Crippen molar-refractivity contribution in [2.24, 2.45) is 0 Å². The first kappa shape index (κ1) is 78.1. The summed E-state index contributed by atoms with van der Waals surface area (Å²) in [4.78, 5) is 38.1. The van der Waals surface area contributed by atoms with Gasteiger partial charge >= 0.3 is 17.9 Å². The molecule has 0 N–H and O–H groups in total. The molecule has 474 valence electrons. The maximum atomic E-state index is 12.9. The van der Waals surface area contributed by atoms with Crippen LogP contribution < -0.4 is 0 Å². The first-order valence-corrected chi connectivity index (χ1v) is 36.7. The average molecular weight is 1130 g/mol. The van der Waals surface area contributed by atoms with Gasteiger partial charge in [0.15, 0.2) is 6.10 Å². The van der Waals surface area contributed by atoms with Gasteiger partial charge in [-0.25, -0.2) is 0 Å². The molecule has 80 heavy (non-hydrogen) atoms. The molecule has 0 fully saturated rings. The molecule has 6 nitrogen and oxygen atoms in total. The molecule has 0 saturated heterocycles. The number of hydrogen-bond donors (Lipinski definition) is 0. The van der Waals surface area contributed by atoms with Crippen molar-refractivity contribution in [3.8, 4) is 0 Å². The highest BCUT2D eigenvalue weighted by atomic mass is 16.6. The quantitative estimate of drug-likeness (QED) is 0.0261. The third-order valence-electron chi connectivity index (χ3n) is 17.0. The van der Waals surface area contributed by atoms with Crippen molar-refractivity contribution in [3.63, 3.8) is 0 Å². The van der Waals surface area contributed by atoms with Crippen LogP contribution >= 0.6 is 0 Å². The molecule has 0 rings (SSSR count). The molecular formula is C74H142O6. The van der Waals surface area contributed by atoms with E-state index in [2.05, 4.69) is 32.9 Å². The summed E-state index contributed by atoms with van der Waals surface area (Å²) in [6.07, 6.45) is 84.5. The first-order valence-electron chi connectivity index (χ1n) is 36.7. The predicted molar refractivity (Wildman–Crippen MR) is 349 cm³/mol. The topological polar surface area (TPSA) is 78.9 Å². The normalized spacial score (nSPS) is 12.0. The third-order valence-corrected chi connectivity index (χ3v) is 17.0. The summed E-state index contributed by atoms with van der Waals surface area (Å²) in [6.45, 7) is 6.66. The maximum Gasteiger partial charge on any atom is 0.306 e. The monoisotopic (exact) mass is 1130 g/mol. The summed E-state index contributed by atoms with van der Waals surface area (Å²) in [7, 11) is 0. The number of ether oxygens (including phenoxy) is 3. The summed E-state index contributed by atoms with van der Waals surface area (Å²) in [5.74, 6) is -0.840. The van der Waals surface area contributed by atoms with E-state index < -0.39 is 6.10 Å². The summed E-state index contributed by atoms with van der Waals surface area (Å²) in [5, 5.41) is 0. The van der Waals surface area contributed by atoms with Crippen molar-refractivity contribution in [1.29, 1.82) is 0 Å². The second kappa shape index (κ2) is 69.6. The van der Waals surface area contributed by atoms with E-state index in [4.69, 9.17) is 14.2 Å². The summed E-state index contributed by atoms with van der Waals surface area (Å²) >= 11 is 0. The van der Waals surface area contributed by atoms with E-state index in [1.54, 1.807) is 0 Å². The highest BCUT2D eigenvalue weighted by Gasteiger charge is 2.20. The van der Waals surface area contributed by atoms with Crippen LogP contribution in [0, 0.1) is 0 Å². The molecule has 0 saturated carbocycles. The van der Waals surface area contributed by atoms with Gasteiger partial charge in [-0.1, -0.05) is 373 Å². The van der Waals surface area contributed by atoms with E-state index in [1.807, 2.05) is 0 Å². The molecular weight excluding hydrogens is 985 g/mol. The van der Waals surface area contributed by atoms with E-state index in [1.165, 1.54) is 327 Å². The van der Waals surface area contributed by atoms with Crippen LogP contribution in [0.3, 0.4) is 0 Å². The van der Waals surface area contributed by atoms with Crippen molar-refractivity contribution in [2.45, 2.75) is 431 Å². The molecule has 1 atom stereocenters. The highest BCUT2D eigenvalue weighted by Crippen LogP contribution is 2.19. The highest BCUT2D eigenvalue weighted by molar-refractivity contribution is 5.71. The fourth-order valence-electron chi connectivity index (χ4n) is 11.5. The van der Waals surface area contributed by atoms with Gasteiger partial charge in [0.2, 0.25) is 0 Å². The Kier molecular flexibility index (Phi) is 68.0. The lowest BCUT2D eigenvalue weighted by molar-refractivity contribution is -0.167. The lowest BCUT2D eigenvalue weighted by Crippen LogP contribution is -2.30. The van der Waals surface area contributed by atoms with Crippen LogP contribution in [0.4, 0.5) is 0 Å². The molecule has 0 aromatic carbocycles. The Morgan fingerprint density at radius 3 is 0.625 bits per heavy atom. The van der Waals surface area contributed by atoms with Gasteiger partial charge in [-0.3, -0.25) is 14.4 Å². The smallest absolute Gasteiger partial charge is 0.306 e. The zero-order valence-corrected chi connectivity index (χ0v) is 54.6. The van der Waals surface area contributed by atoms with Gasteiger partial charge in [0.05, 0.1) is 0 Å². The van der Waals surface area contributed by atoms with E-state index in [9.17, 15) is 14.4 Å². The fraction of sp³-hybridized carbons (Fsp3) is 0.932. The Bertz CT molecular complexity index is 1250. The van der Waals surface area contributed by atoms with Crippen molar-refractivity contribution >= 4 is 17.9 Å². The summed E-state index contributed by atoms with van der Waals surface area (Å²) in [5.41, 5.74) is 0. The first-order chi connectivity index (χ1) is 39.5.